The minimum Gasteiger partial charge on any atom is -0.480 e. The van der Waals surface area contributed by atoms with E-state index in [9.17, 15) is 14.0 Å². The zero-order valence-electron chi connectivity index (χ0n) is 10.2. The van der Waals surface area contributed by atoms with Crippen LogP contribution >= 0.6 is 0 Å². The minimum atomic E-state index is -1.15. The Balaban J connectivity index is 2.34. The Bertz CT molecular complexity index is 636. The van der Waals surface area contributed by atoms with Crippen LogP contribution in [0.15, 0.2) is 24.4 Å². The number of hydrogen-bond acceptors (Lipinski definition) is 2. The summed E-state index contributed by atoms with van der Waals surface area (Å²) in [7, 11) is 0. The first-order chi connectivity index (χ1) is 8.99. The van der Waals surface area contributed by atoms with Crippen molar-refractivity contribution in [1.82, 2.24) is 10.3 Å². The monoisotopic (exact) mass is 264 g/mol. The number of amides is 1. The molecule has 6 heteroatoms. The summed E-state index contributed by atoms with van der Waals surface area (Å²) in [4.78, 5) is 24.9. The molecule has 5 nitrogen and oxygen atoms in total. The number of H-pyrrole nitrogens is 1. The molecule has 100 valence electrons. The summed E-state index contributed by atoms with van der Waals surface area (Å²) in [6.45, 7) is 1.24. The van der Waals surface area contributed by atoms with E-state index in [2.05, 4.69) is 10.3 Å². The Morgan fingerprint density at radius 3 is 2.84 bits per heavy atom. The predicted molar refractivity (Wildman–Crippen MR) is 67.2 cm³/mol. The highest BCUT2D eigenvalue weighted by Gasteiger charge is 2.21. The van der Waals surface area contributed by atoms with Gasteiger partial charge in [0.2, 0.25) is 5.91 Å². The Kier molecular flexibility index (Phi) is 3.50. The lowest BCUT2D eigenvalue weighted by molar-refractivity contribution is -0.141. The third-order valence-electron chi connectivity index (χ3n) is 2.84. The van der Waals surface area contributed by atoms with E-state index < -0.39 is 23.7 Å². The van der Waals surface area contributed by atoms with Crippen LogP contribution in [0.4, 0.5) is 4.39 Å². The molecule has 0 spiro atoms. The van der Waals surface area contributed by atoms with Gasteiger partial charge in [0.05, 0.1) is 0 Å². The molecule has 3 N–H and O–H groups in total. The molecule has 0 unspecified atom stereocenters. The minimum absolute atomic E-state index is 0.0237. The Morgan fingerprint density at radius 2 is 2.21 bits per heavy atom. The molecule has 0 fully saturated rings. The Hall–Kier alpha value is -2.37. The molecule has 0 aliphatic carbocycles. The van der Waals surface area contributed by atoms with Gasteiger partial charge in [0.15, 0.2) is 0 Å². The van der Waals surface area contributed by atoms with E-state index in [4.69, 9.17) is 5.11 Å². The van der Waals surface area contributed by atoms with Crippen molar-refractivity contribution in [2.45, 2.75) is 19.4 Å². The second-order valence-corrected chi connectivity index (χ2v) is 4.27. The quantitative estimate of drug-likeness (QED) is 0.781. The SMILES string of the molecule is CC(=O)N[C@H](Cc1c[nH]c2cccc(F)c12)C(=O)O. The van der Waals surface area contributed by atoms with Crippen molar-refractivity contribution in [3.05, 3.63) is 35.8 Å². The van der Waals surface area contributed by atoms with Crippen LogP contribution in [-0.2, 0) is 16.0 Å². The second kappa shape index (κ2) is 5.09. The van der Waals surface area contributed by atoms with Gasteiger partial charge in [-0.1, -0.05) is 6.07 Å². The topological polar surface area (TPSA) is 82.2 Å². The van der Waals surface area contributed by atoms with Gasteiger partial charge in [0.1, 0.15) is 11.9 Å². The van der Waals surface area contributed by atoms with E-state index in [0.717, 1.165) is 0 Å². The van der Waals surface area contributed by atoms with Crippen LogP contribution in [0, 0.1) is 5.82 Å². The number of benzene rings is 1. The first-order valence-corrected chi connectivity index (χ1v) is 5.73. The number of rotatable bonds is 4. The summed E-state index contributed by atoms with van der Waals surface area (Å²) in [5.41, 5.74) is 1.12. The van der Waals surface area contributed by atoms with Crippen molar-refractivity contribution in [3.63, 3.8) is 0 Å². The van der Waals surface area contributed by atoms with Crippen LogP contribution in [-0.4, -0.2) is 28.0 Å². The number of hydrogen-bond donors (Lipinski definition) is 3. The van der Waals surface area contributed by atoms with Gasteiger partial charge >= 0.3 is 5.97 Å². The molecule has 0 aliphatic heterocycles. The van der Waals surface area contributed by atoms with Crippen molar-refractivity contribution >= 4 is 22.8 Å². The smallest absolute Gasteiger partial charge is 0.326 e. The standard InChI is InChI=1S/C13H13FN2O3/c1-7(17)16-11(13(18)19)5-8-6-15-10-4-2-3-9(14)12(8)10/h2-4,6,11,15H,5H2,1H3,(H,16,17)(H,18,19)/t11-/m1/s1. The van der Waals surface area contributed by atoms with Gasteiger partial charge in [-0.3, -0.25) is 4.79 Å². The summed E-state index contributed by atoms with van der Waals surface area (Å²) >= 11 is 0. The fourth-order valence-electron chi connectivity index (χ4n) is 2.03. The van der Waals surface area contributed by atoms with Crippen molar-refractivity contribution in [2.75, 3.05) is 0 Å². The Labute approximate surface area is 108 Å². The summed E-state index contributed by atoms with van der Waals surface area (Å²) < 4.78 is 13.7. The molecule has 1 amide bonds. The normalized spacial score (nSPS) is 12.3. The van der Waals surface area contributed by atoms with Gasteiger partial charge < -0.3 is 15.4 Å². The maximum Gasteiger partial charge on any atom is 0.326 e. The summed E-state index contributed by atoms with van der Waals surface area (Å²) in [6, 6.07) is 3.51. The van der Waals surface area contributed by atoms with Crippen molar-refractivity contribution < 1.29 is 19.1 Å². The highest BCUT2D eigenvalue weighted by Crippen LogP contribution is 2.22. The second-order valence-electron chi connectivity index (χ2n) is 4.27. The molecule has 0 bridgehead atoms. The van der Waals surface area contributed by atoms with Gasteiger partial charge in [-0.2, -0.15) is 0 Å². The van der Waals surface area contributed by atoms with E-state index in [1.54, 1.807) is 18.3 Å². The number of fused-ring (bicyclic) bond motifs is 1. The molecule has 0 saturated carbocycles. The van der Waals surface area contributed by atoms with Crippen LogP contribution in [0.3, 0.4) is 0 Å². The molecule has 2 aromatic rings. The van der Waals surface area contributed by atoms with E-state index in [1.165, 1.54) is 13.0 Å². The zero-order valence-corrected chi connectivity index (χ0v) is 10.2. The molecule has 1 aromatic heterocycles. The number of halogens is 1. The van der Waals surface area contributed by atoms with Gasteiger partial charge in [-0.15, -0.1) is 0 Å². The zero-order chi connectivity index (χ0) is 14.0. The van der Waals surface area contributed by atoms with Crippen molar-refractivity contribution in [1.29, 1.82) is 0 Å². The highest BCUT2D eigenvalue weighted by molar-refractivity contribution is 5.86. The lowest BCUT2D eigenvalue weighted by atomic mass is 10.0. The lowest BCUT2D eigenvalue weighted by Gasteiger charge is -2.12. The van der Waals surface area contributed by atoms with E-state index in [1.807, 2.05) is 0 Å². The molecule has 1 atom stereocenters. The van der Waals surface area contributed by atoms with Crippen molar-refractivity contribution in [3.8, 4) is 0 Å². The van der Waals surface area contributed by atoms with E-state index in [-0.39, 0.29) is 6.42 Å². The molecule has 0 radical (unpaired) electrons. The van der Waals surface area contributed by atoms with Crippen LogP contribution in [0.2, 0.25) is 0 Å². The molecule has 1 aromatic carbocycles. The Morgan fingerprint density at radius 1 is 1.47 bits per heavy atom. The number of carbonyl (C=O) groups is 2. The summed E-state index contributed by atoms with van der Waals surface area (Å²) in [6.07, 6.45) is 1.58. The van der Waals surface area contributed by atoms with Crippen LogP contribution in [0.5, 0.6) is 0 Å². The number of carboxylic acids is 1. The lowest BCUT2D eigenvalue weighted by Crippen LogP contribution is -2.41. The fourth-order valence-corrected chi connectivity index (χ4v) is 2.03. The van der Waals surface area contributed by atoms with Gasteiger partial charge in [0.25, 0.3) is 0 Å². The van der Waals surface area contributed by atoms with Crippen LogP contribution in [0.1, 0.15) is 12.5 Å². The van der Waals surface area contributed by atoms with E-state index >= 15 is 0 Å². The first-order valence-electron chi connectivity index (χ1n) is 5.73. The molecule has 19 heavy (non-hydrogen) atoms. The average molecular weight is 264 g/mol. The third-order valence-corrected chi connectivity index (χ3v) is 2.84. The largest absolute Gasteiger partial charge is 0.480 e. The fraction of sp³-hybridized carbons (Fsp3) is 0.231. The molecular weight excluding hydrogens is 251 g/mol. The third kappa shape index (κ3) is 2.73. The van der Waals surface area contributed by atoms with Gasteiger partial charge in [-0.05, 0) is 17.7 Å². The van der Waals surface area contributed by atoms with Gasteiger partial charge in [0, 0.05) is 30.4 Å². The number of aromatic nitrogens is 1. The number of aromatic amines is 1. The molecular formula is C13H13FN2O3. The van der Waals surface area contributed by atoms with Crippen LogP contribution < -0.4 is 5.32 Å². The number of nitrogens with one attached hydrogen (secondary N) is 2. The van der Waals surface area contributed by atoms with Crippen LogP contribution in [0.25, 0.3) is 10.9 Å². The molecule has 2 rings (SSSR count). The molecule has 0 saturated heterocycles. The number of aliphatic carboxylic acids is 1. The van der Waals surface area contributed by atoms with Gasteiger partial charge in [-0.25, -0.2) is 9.18 Å². The number of carboxylic acid groups (broad SMARTS) is 1. The van der Waals surface area contributed by atoms with Crippen molar-refractivity contribution in [2.24, 2.45) is 0 Å². The number of carbonyl (C=O) groups excluding carboxylic acids is 1. The first kappa shape index (κ1) is 13.1. The summed E-state index contributed by atoms with van der Waals surface area (Å²) in [5.74, 6) is -2.01. The average Bonchev–Trinajstić information content (AvgIpc) is 2.72. The summed E-state index contributed by atoms with van der Waals surface area (Å²) in [5, 5.41) is 11.7. The predicted octanol–water partition coefficient (Wildman–Crippen LogP) is 1.44. The molecule has 1 heterocycles. The van der Waals surface area contributed by atoms with E-state index in [0.29, 0.717) is 16.5 Å². The maximum atomic E-state index is 13.7. The highest BCUT2D eigenvalue weighted by atomic mass is 19.1. The maximum absolute atomic E-state index is 13.7. The molecule has 0 aliphatic rings.